The number of nitrogens with zero attached hydrogens (tertiary/aromatic N) is 3. The summed E-state index contributed by atoms with van der Waals surface area (Å²) in [5, 5.41) is 16.8. The first-order valence-electron chi connectivity index (χ1n) is 4.96. The standard InChI is InChI=1S/C10H7BrN4O4/c1-4-5(11)8(15-19-4)14-9(16)6-7(10(17)18)13-3-2-12-6/h2-3H,1H3,(H,17,18)(H,14,15,16)/p-1. The third-order valence-electron chi connectivity index (χ3n) is 2.13. The number of carboxylic acid groups (broad SMARTS) is 1. The highest BCUT2D eigenvalue weighted by atomic mass is 79.9. The van der Waals surface area contributed by atoms with Gasteiger partial charge in [0.2, 0.25) is 0 Å². The summed E-state index contributed by atoms with van der Waals surface area (Å²) in [7, 11) is 0. The second-order valence-electron chi connectivity index (χ2n) is 3.40. The molecule has 0 radical (unpaired) electrons. The number of hydrogen-bond acceptors (Lipinski definition) is 7. The van der Waals surface area contributed by atoms with Crippen LogP contribution in [0.15, 0.2) is 21.4 Å². The molecule has 2 rings (SSSR count). The minimum absolute atomic E-state index is 0.123. The molecule has 8 nitrogen and oxygen atoms in total. The molecule has 1 amide bonds. The van der Waals surface area contributed by atoms with Crippen molar-refractivity contribution in [1.82, 2.24) is 15.1 Å². The van der Waals surface area contributed by atoms with Crippen LogP contribution in [0.3, 0.4) is 0 Å². The molecule has 1 N–H and O–H groups in total. The number of aromatic nitrogens is 3. The Bertz CT molecular complexity index is 655. The second-order valence-corrected chi connectivity index (χ2v) is 4.19. The highest BCUT2D eigenvalue weighted by molar-refractivity contribution is 9.10. The number of rotatable bonds is 3. The SMILES string of the molecule is Cc1onc(NC(=O)c2nccnc2C(=O)[O-])c1Br. The lowest BCUT2D eigenvalue weighted by atomic mass is 10.3. The average Bonchev–Trinajstić information content (AvgIpc) is 2.70. The first-order valence-corrected chi connectivity index (χ1v) is 5.75. The predicted octanol–water partition coefficient (Wildman–Crippen LogP) is 0.151. The highest BCUT2D eigenvalue weighted by Crippen LogP contribution is 2.25. The largest absolute Gasteiger partial charge is 0.543 e. The quantitative estimate of drug-likeness (QED) is 0.852. The smallest absolute Gasteiger partial charge is 0.277 e. The van der Waals surface area contributed by atoms with Crippen molar-refractivity contribution in [2.75, 3.05) is 5.32 Å². The molecule has 0 aliphatic heterocycles. The summed E-state index contributed by atoms with van der Waals surface area (Å²) in [5.74, 6) is -1.78. The number of carbonyl (C=O) groups is 2. The molecule has 0 aliphatic carbocycles. The molecule has 0 unspecified atom stereocenters. The van der Waals surface area contributed by atoms with Crippen LogP contribution in [0.4, 0.5) is 5.82 Å². The van der Waals surface area contributed by atoms with Gasteiger partial charge in [-0.05, 0) is 22.9 Å². The maximum absolute atomic E-state index is 11.9. The Morgan fingerprint density at radius 3 is 2.47 bits per heavy atom. The zero-order chi connectivity index (χ0) is 14.0. The van der Waals surface area contributed by atoms with Crippen molar-refractivity contribution < 1.29 is 19.2 Å². The van der Waals surface area contributed by atoms with Crippen LogP contribution in [-0.2, 0) is 0 Å². The van der Waals surface area contributed by atoms with Crippen LogP contribution in [0.25, 0.3) is 0 Å². The van der Waals surface area contributed by atoms with Gasteiger partial charge in [-0.1, -0.05) is 5.16 Å². The summed E-state index contributed by atoms with van der Waals surface area (Å²) in [5.41, 5.74) is -0.911. The molecule has 2 aromatic heterocycles. The molecule has 0 bridgehead atoms. The van der Waals surface area contributed by atoms with E-state index in [1.54, 1.807) is 6.92 Å². The number of nitrogens with one attached hydrogen (secondary N) is 1. The third-order valence-corrected chi connectivity index (χ3v) is 3.06. The van der Waals surface area contributed by atoms with Gasteiger partial charge in [0.1, 0.15) is 15.9 Å². The van der Waals surface area contributed by atoms with E-state index in [4.69, 9.17) is 4.52 Å². The lowest BCUT2D eigenvalue weighted by Gasteiger charge is -2.07. The molecule has 0 aromatic carbocycles. The topological polar surface area (TPSA) is 121 Å². The molecule has 0 fully saturated rings. The number of aryl methyl sites for hydroxylation is 1. The Balaban J connectivity index is 2.31. The first-order chi connectivity index (χ1) is 9.00. The van der Waals surface area contributed by atoms with Gasteiger partial charge >= 0.3 is 0 Å². The fourth-order valence-corrected chi connectivity index (χ4v) is 1.50. The summed E-state index contributed by atoms with van der Waals surface area (Å²) < 4.78 is 5.29. The molecular weight excluding hydrogens is 320 g/mol. The average molecular weight is 326 g/mol. The molecule has 0 saturated carbocycles. The minimum Gasteiger partial charge on any atom is -0.543 e. The normalized spacial score (nSPS) is 10.2. The fraction of sp³-hybridized carbons (Fsp3) is 0.100. The lowest BCUT2D eigenvalue weighted by Crippen LogP contribution is -2.28. The van der Waals surface area contributed by atoms with Crippen molar-refractivity contribution >= 4 is 33.6 Å². The summed E-state index contributed by atoms with van der Waals surface area (Å²) in [6, 6.07) is 0. The highest BCUT2D eigenvalue weighted by Gasteiger charge is 2.18. The molecule has 19 heavy (non-hydrogen) atoms. The van der Waals surface area contributed by atoms with Crippen LogP contribution in [0, 0.1) is 6.92 Å². The van der Waals surface area contributed by atoms with Crippen molar-refractivity contribution in [1.29, 1.82) is 0 Å². The number of anilines is 1. The maximum Gasteiger partial charge on any atom is 0.277 e. The van der Waals surface area contributed by atoms with E-state index >= 15 is 0 Å². The predicted molar refractivity (Wildman–Crippen MR) is 63.3 cm³/mol. The summed E-state index contributed by atoms with van der Waals surface area (Å²) in [6.45, 7) is 1.64. The van der Waals surface area contributed by atoms with E-state index in [0.29, 0.717) is 10.2 Å². The van der Waals surface area contributed by atoms with E-state index in [1.807, 2.05) is 0 Å². The van der Waals surface area contributed by atoms with Crippen LogP contribution in [0.2, 0.25) is 0 Å². The summed E-state index contributed by atoms with van der Waals surface area (Å²) in [6.07, 6.45) is 2.35. The van der Waals surface area contributed by atoms with Crippen molar-refractivity contribution in [3.8, 4) is 0 Å². The molecular formula is C10H6BrN4O4-. The van der Waals surface area contributed by atoms with Crippen molar-refractivity contribution in [3.05, 3.63) is 34.0 Å². The van der Waals surface area contributed by atoms with E-state index in [-0.39, 0.29) is 11.5 Å². The monoisotopic (exact) mass is 325 g/mol. The Hall–Kier alpha value is -2.29. The third kappa shape index (κ3) is 2.60. The van der Waals surface area contributed by atoms with E-state index in [1.165, 1.54) is 6.20 Å². The summed E-state index contributed by atoms with van der Waals surface area (Å²) >= 11 is 3.16. The number of halogens is 1. The Kier molecular flexibility index (Phi) is 3.56. The Morgan fingerprint density at radius 2 is 1.95 bits per heavy atom. The lowest BCUT2D eigenvalue weighted by molar-refractivity contribution is -0.255. The molecule has 0 aliphatic rings. The maximum atomic E-state index is 11.9. The van der Waals surface area contributed by atoms with Crippen molar-refractivity contribution in [2.24, 2.45) is 0 Å². The number of carbonyl (C=O) groups excluding carboxylic acids is 2. The number of aromatic carboxylic acids is 1. The molecule has 0 spiro atoms. The van der Waals surface area contributed by atoms with Crippen molar-refractivity contribution in [2.45, 2.75) is 6.92 Å². The molecule has 0 atom stereocenters. The first kappa shape index (κ1) is 13.1. The zero-order valence-electron chi connectivity index (χ0n) is 9.51. The van der Waals surface area contributed by atoms with Gasteiger partial charge < -0.3 is 19.7 Å². The van der Waals surface area contributed by atoms with Crippen molar-refractivity contribution in [3.63, 3.8) is 0 Å². The molecule has 0 saturated heterocycles. The van der Waals surface area contributed by atoms with Crippen LogP contribution in [0.5, 0.6) is 0 Å². The van der Waals surface area contributed by atoms with Gasteiger partial charge in [-0.2, -0.15) is 0 Å². The van der Waals surface area contributed by atoms with Crippen LogP contribution >= 0.6 is 15.9 Å². The molecule has 2 aromatic rings. The van der Waals surface area contributed by atoms with Gasteiger partial charge in [-0.25, -0.2) is 4.98 Å². The van der Waals surface area contributed by atoms with Gasteiger partial charge in [-0.3, -0.25) is 9.78 Å². The Morgan fingerprint density at radius 1 is 1.32 bits per heavy atom. The zero-order valence-corrected chi connectivity index (χ0v) is 11.1. The van der Waals surface area contributed by atoms with Crippen LogP contribution in [0.1, 0.15) is 26.7 Å². The van der Waals surface area contributed by atoms with Gasteiger partial charge in [0.15, 0.2) is 11.5 Å². The molecule has 9 heteroatoms. The second kappa shape index (κ2) is 5.14. The number of carboxylic acids is 1. The number of amides is 1. The minimum atomic E-state index is -1.59. The van der Waals surface area contributed by atoms with Crippen LogP contribution in [-0.4, -0.2) is 27.0 Å². The Labute approximate surface area is 115 Å². The van der Waals surface area contributed by atoms with E-state index in [0.717, 1.165) is 6.20 Å². The molecule has 2 heterocycles. The van der Waals surface area contributed by atoms with E-state index < -0.39 is 17.6 Å². The molecule has 98 valence electrons. The van der Waals surface area contributed by atoms with E-state index in [2.05, 4.69) is 36.4 Å². The van der Waals surface area contributed by atoms with E-state index in [9.17, 15) is 14.7 Å². The summed E-state index contributed by atoms with van der Waals surface area (Å²) in [4.78, 5) is 29.9. The van der Waals surface area contributed by atoms with Gasteiger partial charge in [0, 0.05) is 12.4 Å². The van der Waals surface area contributed by atoms with Gasteiger partial charge in [0.05, 0.1) is 5.97 Å². The van der Waals surface area contributed by atoms with Crippen LogP contribution < -0.4 is 10.4 Å². The van der Waals surface area contributed by atoms with Gasteiger partial charge in [-0.15, -0.1) is 0 Å². The fourth-order valence-electron chi connectivity index (χ4n) is 1.26. The van der Waals surface area contributed by atoms with Gasteiger partial charge in [0.25, 0.3) is 5.91 Å². The number of hydrogen-bond donors (Lipinski definition) is 1.